The van der Waals surface area contributed by atoms with Crippen LogP contribution < -0.4 is 15.5 Å². The number of hydrogen-bond donors (Lipinski definition) is 3. The number of aromatic amines is 1. The summed E-state index contributed by atoms with van der Waals surface area (Å²) in [7, 11) is 0. The van der Waals surface area contributed by atoms with Gasteiger partial charge in [-0.3, -0.25) is 9.59 Å². The Morgan fingerprint density at radius 3 is 2.81 bits per heavy atom. The first kappa shape index (κ1) is 17.4. The fraction of sp³-hybridized carbons (Fsp3) is 0.158. The number of carbonyl (C=O) groups excluding carboxylic acids is 2. The molecule has 0 aliphatic carbocycles. The van der Waals surface area contributed by atoms with Crippen molar-refractivity contribution in [2.24, 2.45) is 0 Å². The molecule has 0 unspecified atom stereocenters. The van der Waals surface area contributed by atoms with E-state index < -0.39 is 5.91 Å². The van der Waals surface area contributed by atoms with Crippen molar-refractivity contribution >= 4 is 45.7 Å². The van der Waals surface area contributed by atoms with Crippen LogP contribution in [-0.4, -0.2) is 36.4 Å². The van der Waals surface area contributed by atoms with Gasteiger partial charge in [-0.05, 0) is 36.4 Å². The molecule has 1 fully saturated rings. The van der Waals surface area contributed by atoms with Crippen molar-refractivity contribution in [1.82, 2.24) is 10.3 Å². The van der Waals surface area contributed by atoms with E-state index in [1.54, 1.807) is 30.3 Å². The average Bonchev–Trinajstić information content (AvgIpc) is 3.08. The number of nitrogens with zero attached hydrogens (tertiary/aromatic N) is 1. The number of fused-ring (bicyclic) bond motifs is 1. The molecular weight excluding hydrogens is 371 g/mol. The van der Waals surface area contributed by atoms with Gasteiger partial charge in [0.05, 0.1) is 17.3 Å². The zero-order valence-corrected chi connectivity index (χ0v) is 14.9. The third-order valence-corrected chi connectivity index (χ3v) is 4.74. The van der Waals surface area contributed by atoms with E-state index in [9.17, 15) is 14.0 Å². The third-order valence-electron chi connectivity index (χ3n) is 4.44. The van der Waals surface area contributed by atoms with Gasteiger partial charge in [0, 0.05) is 29.7 Å². The van der Waals surface area contributed by atoms with E-state index in [0.717, 1.165) is 5.69 Å². The van der Waals surface area contributed by atoms with Crippen LogP contribution in [0.15, 0.2) is 42.5 Å². The summed E-state index contributed by atoms with van der Waals surface area (Å²) >= 11 is 6.34. The van der Waals surface area contributed by atoms with E-state index in [1.807, 2.05) is 4.90 Å². The fourth-order valence-corrected chi connectivity index (χ4v) is 3.42. The molecule has 1 saturated heterocycles. The number of rotatable bonds is 3. The van der Waals surface area contributed by atoms with Crippen molar-refractivity contribution in [1.29, 1.82) is 0 Å². The van der Waals surface area contributed by atoms with Gasteiger partial charge < -0.3 is 20.5 Å². The Morgan fingerprint density at radius 2 is 2.07 bits per heavy atom. The normalized spacial score (nSPS) is 14.3. The molecule has 0 bridgehead atoms. The molecule has 0 atom stereocenters. The van der Waals surface area contributed by atoms with Gasteiger partial charge in [0.2, 0.25) is 5.91 Å². The standard InChI is InChI=1S/C19H16ClFN4O2/c20-13-8-11(4-5-17(13)25-7-6-22-18(26)10-25)23-19(27)16-9-12-14(21)2-1-3-15(12)24-16/h1-5,8-9,24H,6-7,10H2,(H,22,26)(H,23,27). The van der Waals surface area contributed by atoms with Crippen LogP contribution in [0.5, 0.6) is 0 Å². The summed E-state index contributed by atoms with van der Waals surface area (Å²) in [6.07, 6.45) is 0. The number of benzene rings is 2. The second-order valence-electron chi connectivity index (χ2n) is 6.28. The smallest absolute Gasteiger partial charge is 0.272 e. The van der Waals surface area contributed by atoms with Crippen molar-refractivity contribution < 1.29 is 14.0 Å². The molecule has 4 rings (SSSR count). The van der Waals surface area contributed by atoms with Gasteiger partial charge in [0.25, 0.3) is 5.91 Å². The van der Waals surface area contributed by atoms with E-state index in [-0.39, 0.29) is 24.0 Å². The van der Waals surface area contributed by atoms with Crippen LogP contribution in [0.2, 0.25) is 5.02 Å². The molecule has 2 heterocycles. The number of halogens is 2. The molecule has 0 radical (unpaired) electrons. The molecule has 2 amide bonds. The lowest BCUT2D eigenvalue weighted by Crippen LogP contribution is -2.47. The minimum Gasteiger partial charge on any atom is -0.359 e. The van der Waals surface area contributed by atoms with E-state index in [4.69, 9.17) is 11.6 Å². The van der Waals surface area contributed by atoms with E-state index in [0.29, 0.717) is 34.7 Å². The molecule has 3 aromatic rings. The predicted molar refractivity (Wildman–Crippen MR) is 103 cm³/mol. The van der Waals surface area contributed by atoms with E-state index >= 15 is 0 Å². The molecule has 6 nitrogen and oxygen atoms in total. The molecule has 27 heavy (non-hydrogen) atoms. The lowest BCUT2D eigenvalue weighted by Gasteiger charge is -2.29. The molecule has 3 N–H and O–H groups in total. The van der Waals surface area contributed by atoms with Crippen molar-refractivity contribution in [3.8, 4) is 0 Å². The molecule has 8 heteroatoms. The van der Waals surface area contributed by atoms with Gasteiger partial charge in [0.1, 0.15) is 11.5 Å². The predicted octanol–water partition coefficient (Wildman–Crippen LogP) is 3.15. The van der Waals surface area contributed by atoms with Gasteiger partial charge >= 0.3 is 0 Å². The first-order valence-electron chi connectivity index (χ1n) is 8.41. The number of nitrogens with one attached hydrogen (secondary N) is 3. The van der Waals surface area contributed by atoms with Crippen LogP contribution in [0.1, 0.15) is 10.5 Å². The fourth-order valence-electron chi connectivity index (χ4n) is 3.12. The van der Waals surface area contributed by atoms with Crippen LogP contribution in [-0.2, 0) is 4.79 Å². The number of carbonyl (C=O) groups is 2. The van der Waals surface area contributed by atoms with Crippen molar-refractivity contribution in [2.45, 2.75) is 0 Å². The number of aromatic nitrogens is 1. The summed E-state index contributed by atoms with van der Waals surface area (Å²) in [6, 6.07) is 11.2. The summed E-state index contributed by atoms with van der Waals surface area (Å²) in [6.45, 7) is 1.47. The molecular formula is C19H16ClFN4O2. The van der Waals surface area contributed by atoms with Crippen LogP contribution in [0.3, 0.4) is 0 Å². The topological polar surface area (TPSA) is 77.2 Å². The molecule has 1 aliphatic rings. The Balaban J connectivity index is 1.53. The quantitative estimate of drug-likeness (QED) is 0.647. The highest BCUT2D eigenvalue weighted by Crippen LogP contribution is 2.29. The number of amides is 2. The lowest BCUT2D eigenvalue weighted by atomic mass is 10.2. The number of anilines is 2. The highest BCUT2D eigenvalue weighted by Gasteiger charge is 2.19. The first-order chi connectivity index (χ1) is 13.0. The van der Waals surface area contributed by atoms with Crippen LogP contribution in [0, 0.1) is 5.82 Å². The molecule has 1 aromatic heterocycles. The largest absolute Gasteiger partial charge is 0.359 e. The summed E-state index contributed by atoms with van der Waals surface area (Å²) in [4.78, 5) is 28.8. The van der Waals surface area contributed by atoms with Crippen molar-refractivity contribution in [2.75, 3.05) is 29.9 Å². The lowest BCUT2D eigenvalue weighted by molar-refractivity contribution is -0.120. The number of hydrogen-bond acceptors (Lipinski definition) is 3. The van der Waals surface area contributed by atoms with Gasteiger partial charge in [-0.2, -0.15) is 0 Å². The average molecular weight is 387 g/mol. The van der Waals surface area contributed by atoms with Crippen molar-refractivity contribution in [3.05, 3.63) is 59.0 Å². The third kappa shape index (κ3) is 3.46. The van der Waals surface area contributed by atoms with Crippen LogP contribution in [0.25, 0.3) is 10.9 Å². The van der Waals surface area contributed by atoms with Gasteiger partial charge in [-0.1, -0.05) is 17.7 Å². The molecule has 0 saturated carbocycles. The van der Waals surface area contributed by atoms with Crippen LogP contribution in [0.4, 0.5) is 15.8 Å². The summed E-state index contributed by atoms with van der Waals surface area (Å²) in [5, 5.41) is 6.30. The van der Waals surface area contributed by atoms with Gasteiger partial charge in [-0.15, -0.1) is 0 Å². The molecule has 138 valence electrons. The summed E-state index contributed by atoms with van der Waals surface area (Å²) in [5.41, 5.74) is 2.05. The first-order valence-corrected chi connectivity index (χ1v) is 8.79. The maximum atomic E-state index is 13.8. The molecule has 2 aromatic carbocycles. The Labute approximate surface area is 159 Å². The van der Waals surface area contributed by atoms with Crippen LogP contribution >= 0.6 is 11.6 Å². The maximum Gasteiger partial charge on any atom is 0.272 e. The summed E-state index contributed by atoms with van der Waals surface area (Å²) < 4.78 is 13.8. The second-order valence-corrected chi connectivity index (χ2v) is 6.68. The number of H-pyrrole nitrogens is 1. The minimum absolute atomic E-state index is 0.0549. The highest BCUT2D eigenvalue weighted by molar-refractivity contribution is 6.33. The Morgan fingerprint density at radius 1 is 1.22 bits per heavy atom. The Bertz CT molecular complexity index is 1050. The number of piperazine rings is 1. The van der Waals surface area contributed by atoms with E-state index in [2.05, 4.69) is 15.6 Å². The summed E-state index contributed by atoms with van der Waals surface area (Å²) in [5.74, 6) is -0.840. The van der Waals surface area contributed by atoms with Gasteiger partial charge in [-0.25, -0.2) is 4.39 Å². The van der Waals surface area contributed by atoms with E-state index in [1.165, 1.54) is 12.1 Å². The highest BCUT2D eigenvalue weighted by atomic mass is 35.5. The monoisotopic (exact) mass is 386 g/mol. The SMILES string of the molecule is O=C1CN(c2ccc(NC(=O)c3cc4c(F)cccc4[nH]3)cc2Cl)CCN1. The minimum atomic E-state index is -0.397. The Hall–Kier alpha value is -3.06. The van der Waals surface area contributed by atoms with Gasteiger partial charge in [0.15, 0.2) is 0 Å². The zero-order valence-electron chi connectivity index (χ0n) is 14.2. The molecule has 0 spiro atoms. The zero-order chi connectivity index (χ0) is 19.0. The second kappa shape index (κ2) is 6.92. The maximum absolute atomic E-state index is 13.8. The molecule has 1 aliphatic heterocycles. The Kier molecular flexibility index (Phi) is 4.45. The van der Waals surface area contributed by atoms with Crippen molar-refractivity contribution in [3.63, 3.8) is 0 Å².